The number of hydrogen-bond acceptors (Lipinski definition) is 4. The lowest BCUT2D eigenvalue weighted by molar-refractivity contribution is 0.0292. The quantitative estimate of drug-likeness (QED) is 0.827. The third-order valence-electron chi connectivity index (χ3n) is 3.53. The van der Waals surface area contributed by atoms with Gasteiger partial charge in [0.25, 0.3) is 0 Å². The Morgan fingerprint density at radius 3 is 2.60 bits per heavy atom. The fraction of sp³-hybridized carbons (Fsp3) is 0.562. The molecule has 1 fully saturated rings. The summed E-state index contributed by atoms with van der Waals surface area (Å²) in [7, 11) is -3.56. The molecule has 6 nitrogen and oxygen atoms in total. The summed E-state index contributed by atoms with van der Waals surface area (Å²) in [5.74, 6) is -0.202. The fourth-order valence-corrected chi connectivity index (χ4v) is 4.22. The Hall–Kier alpha value is -1.02. The zero-order valence-corrected chi connectivity index (χ0v) is 16.7. The molecule has 140 valence electrons. The number of ether oxygens (including phenoxy) is 1. The second-order valence-electron chi connectivity index (χ2n) is 7.04. The Balaban J connectivity index is 1.93. The SMILES string of the molecule is CC(C)(C)OC(=O)N1CC[C@@H](NS(=O)(=O)Cc2ccc(Cl)c(Cl)c2)C1. The number of hydrogen-bond donors (Lipinski definition) is 1. The lowest BCUT2D eigenvalue weighted by Crippen LogP contribution is -2.40. The highest BCUT2D eigenvalue weighted by Gasteiger charge is 2.31. The second-order valence-corrected chi connectivity index (χ2v) is 9.61. The first-order valence-corrected chi connectivity index (χ1v) is 10.3. The van der Waals surface area contributed by atoms with Crippen LogP contribution in [0.5, 0.6) is 0 Å². The van der Waals surface area contributed by atoms with Crippen LogP contribution in [0.3, 0.4) is 0 Å². The summed E-state index contributed by atoms with van der Waals surface area (Å²) >= 11 is 11.7. The van der Waals surface area contributed by atoms with Crippen molar-refractivity contribution < 1.29 is 17.9 Å². The minimum Gasteiger partial charge on any atom is -0.444 e. The zero-order chi connectivity index (χ0) is 18.8. The van der Waals surface area contributed by atoms with E-state index in [1.807, 2.05) is 0 Å². The second kappa shape index (κ2) is 7.70. The molecule has 1 N–H and O–H groups in total. The van der Waals surface area contributed by atoms with Crippen molar-refractivity contribution in [2.45, 2.75) is 44.6 Å². The molecule has 1 aromatic carbocycles. The van der Waals surface area contributed by atoms with Gasteiger partial charge in [-0.1, -0.05) is 29.3 Å². The van der Waals surface area contributed by atoms with Crippen molar-refractivity contribution in [3.63, 3.8) is 0 Å². The van der Waals surface area contributed by atoms with Gasteiger partial charge in [-0.2, -0.15) is 0 Å². The summed E-state index contributed by atoms with van der Waals surface area (Å²) in [6, 6.07) is 4.38. The maximum Gasteiger partial charge on any atom is 0.410 e. The number of halogens is 2. The van der Waals surface area contributed by atoms with Crippen molar-refractivity contribution in [2.24, 2.45) is 0 Å². The summed E-state index contributed by atoms with van der Waals surface area (Å²) in [6.45, 7) is 6.11. The number of carbonyl (C=O) groups is 1. The predicted molar refractivity (Wildman–Crippen MR) is 98.4 cm³/mol. The monoisotopic (exact) mass is 408 g/mol. The number of sulfonamides is 1. The van der Waals surface area contributed by atoms with Crippen LogP contribution >= 0.6 is 23.2 Å². The fourth-order valence-electron chi connectivity index (χ4n) is 2.49. The van der Waals surface area contributed by atoms with Gasteiger partial charge in [0.15, 0.2) is 0 Å². The maximum absolute atomic E-state index is 12.3. The molecule has 1 aliphatic rings. The molecule has 25 heavy (non-hydrogen) atoms. The van der Waals surface area contributed by atoms with Gasteiger partial charge in [-0.15, -0.1) is 0 Å². The molecule has 1 atom stereocenters. The minimum atomic E-state index is -3.56. The van der Waals surface area contributed by atoms with Crippen molar-refractivity contribution in [1.82, 2.24) is 9.62 Å². The molecule has 0 aliphatic carbocycles. The largest absolute Gasteiger partial charge is 0.444 e. The number of rotatable bonds is 4. The average Bonchev–Trinajstić information content (AvgIpc) is 2.88. The van der Waals surface area contributed by atoms with Gasteiger partial charge in [0, 0.05) is 19.1 Å². The predicted octanol–water partition coefficient (Wildman–Crippen LogP) is 3.42. The van der Waals surface area contributed by atoms with Gasteiger partial charge in [-0.05, 0) is 44.9 Å². The van der Waals surface area contributed by atoms with E-state index in [0.29, 0.717) is 28.6 Å². The molecule has 0 bridgehead atoms. The number of amides is 1. The maximum atomic E-state index is 12.3. The smallest absolute Gasteiger partial charge is 0.410 e. The number of likely N-dealkylation sites (tertiary alicyclic amines) is 1. The van der Waals surface area contributed by atoms with Gasteiger partial charge in [0.2, 0.25) is 10.0 Å². The van der Waals surface area contributed by atoms with Crippen LogP contribution in [0.1, 0.15) is 32.8 Å². The van der Waals surface area contributed by atoms with E-state index in [4.69, 9.17) is 27.9 Å². The Morgan fingerprint density at radius 1 is 1.32 bits per heavy atom. The highest BCUT2D eigenvalue weighted by atomic mass is 35.5. The normalized spacial score (nSPS) is 18.4. The highest BCUT2D eigenvalue weighted by Crippen LogP contribution is 2.23. The molecule has 0 radical (unpaired) electrons. The van der Waals surface area contributed by atoms with Crippen molar-refractivity contribution >= 4 is 39.3 Å². The van der Waals surface area contributed by atoms with E-state index in [0.717, 1.165) is 0 Å². The average molecular weight is 409 g/mol. The molecule has 2 rings (SSSR count). The Morgan fingerprint density at radius 2 is 2.00 bits per heavy atom. The third-order valence-corrected chi connectivity index (χ3v) is 5.67. The molecular formula is C16H22Cl2N2O4S. The molecule has 1 saturated heterocycles. The van der Waals surface area contributed by atoms with Gasteiger partial charge in [-0.3, -0.25) is 0 Å². The molecule has 1 aromatic rings. The number of benzene rings is 1. The van der Waals surface area contributed by atoms with E-state index in [1.165, 1.54) is 11.0 Å². The molecule has 1 heterocycles. The Bertz CT molecular complexity index is 747. The first kappa shape index (κ1) is 20.3. The first-order chi connectivity index (χ1) is 11.5. The van der Waals surface area contributed by atoms with E-state index in [1.54, 1.807) is 32.9 Å². The lowest BCUT2D eigenvalue weighted by atomic mass is 10.2. The van der Waals surface area contributed by atoms with E-state index < -0.39 is 21.7 Å². The number of carbonyl (C=O) groups excluding carboxylic acids is 1. The molecule has 0 unspecified atom stereocenters. The van der Waals surface area contributed by atoms with Gasteiger partial charge in [0.05, 0.1) is 15.8 Å². The van der Waals surface area contributed by atoms with Gasteiger partial charge >= 0.3 is 6.09 Å². The van der Waals surface area contributed by atoms with Crippen LogP contribution in [0, 0.1) is 0 Å². The van der Waals surface area contributed by atoms with E-state index in [-0.39, 0.29) is 18.3 Å². The van der Waals surface area contributed by atoms with E-state index in [9.17, 15) is 13.2 Å². The van der Waals surface area contributed by atoms with Crippen molar-refractivity contribution in [3.05, 3.63) is 33.8 Å². The van der Waals surface area contributed by atoms with Crippen LogP contribution in [0.15, 0.2) is 18.2 Å². The van der Waals surface area contributed by atoms with Crippen LogP contribution in [-0.2, 0) is 20.5 Å². The summed E-state index contributed by atoms with van der Waals surface area (Å²) in [4.78, 5) is 13.5. The molecular weight excluding hydrogens is 387 g/mol. The van der Waals surface area contributed by atoms with Crippen LogP contribution < -0.4 is 4.72 Å². The summed E-state index contributed by atoms with van der Waals surface area (Å²) in [5.41, 5.74) is -0.0356. The first-order valence-electron chi connectivity index (χ1n) is 7.87. The molecule has 0 saturated carbocycles. The van der Waals surface area contributed by atoms with Gasteiger partial charge < -0.3 is 9.64 Å². The zero-order valence-electron chi connectivity index (χ0n) is 14.4. The molecule has 9 heteroatoms. The Kier molecular flexibility index (Phi) is 6.25. The van der Waals surface area contributed by atoms with E-state index in [2.05, 4.69) is 4.72 Å². The summed E-state index contributed by atoms with van der Waals surface area (Å²) < 4.78 is 32.6. The number of nitrogens with zero attached hydrogens (tertiary/aromatic N) is 1. The molecule has 1 amide bonds. The van der Waals surface area contributed by atoms with Crippen molar-refractivity contribution in [3.8, 4) is 0 Å². The van der Waals surface area contributed by atoms with Crippen LogP contribution in [-0.4, -0.2) is 44.1 Å². The minimum absolute atomic E-state index is 0.202. The Labute approximate surface area is 158 Å². The highest BCUT2D eigenvalue weighted by molar-refractivity contribution is 7.88. The molecule has 0 aromatic heterocycles. The number of nitrogens with one attached hydrogen (secondary N) is 1. The summed E-state index contributed by atoms with van der Waals surface area (Å²) in [6.07, 6.45) is 0.110. The van der Waals surface area contributed by atoms with Crippen LogP contribution in [0.2, 0.25) is 10.0 Å². The third kappa shape index (κ3) is 6.33. The van der Waals surface area contributed by atoms with Crippen molar-refractivity contribution in [1.29, 1.82) is 0 Å². The molecule has 1 aliphatic heterocycles. The molecule has 0 spiro atoms. The topological polar surface area (TPSA) is 75.7 Å². The van der Waals surface area contributed by atoms with Crippen LogP contribution in [0.4, 0.5) is 4.79 Å². The lowest BCUT2D eigenvalue weighted by Gasteiger charge is -2.24. The van der Waals surface area contributed by atoms with Crippen LogP contribution in [0.25, 0.3) is 0 Å². The van der Waals surface area contributed by atoms with Gasteiger partial charge in [-0.25, -0.2) is 17.9 Å². The van der Waals surface area contributed by atoms with Gasteiger partial charge in [0.1, 0.15) is 5.60 Å². The van der Waals surface area contributed by atoms with E-state index >= 15 is 0 Å². The standard InChI is InChI=1S/C16H22Cl2N2O4S/c1-16(2,3)24-15(21)20-7-6-12(9-20)19-25(22,23)10-11-4-5-13(17)14(18)8-11/h4-5,8,12,19H,6-7,9-10H2,1-3H3/t12-/m1/s1. The van der Waals surface area contributed by atoms with Crippen molar-refractivity contribution in [2.75, 3.05) is 13.1 Å². The summed E-state index contributed by atoms with van der Waals surface area (Å²) in [5, 5.41) is 0.686.